The molecule has 0 aliphatic rings. The lowest BCUT2D eigenvalue weighted by atomic mass is 10.1. The van der Waals surface area contributed by atoms with E-state index in [1.165, 1.54) is 7.05 Å². The Bertz CT molecular complexity index is 758. The number of nitrogens with one attached hydrogen (secondary N) is 2. The van der Waals surface area contributed by atoms with Crippen molar-refractivity contribution in [1.29, 1.82) is 0 Å². The number of para-hydroxylation sites is 1. The van der Waals surface area contributed by atoms with Gasteiger partial charge in [-0.3, -0.25) is 9.52 Å². The van der Waals surface area contributed by atoms with Crippen LogP contribution in [0.15, 0.2) is 54.6 Å². The molecular weight excluding hydrogens is 312 g/mol. The van der Waals surface area contributed by atoms with E-state index in [0.29, 0.717) is 24.1 Å². The summed E-state index contributed by atoms with van der Waals surface area (Å²) in [6.45, 7) is 0. The van der Waals surface area contributed by atoms with E-state index in [0.717, 1.165) is 5.56 Å². The van der Waals surface area contributed by atoms with Crippen LogP contribution >= 0.6 is 0 Å². The molecule has 6 heteroatoms. The topological polar surface area (TPSA) is 75.3 Å². The van der Waals surface area contributed by atoms with Crippen molar-refractivity contribution in [2.24, 2.45) is 0 Å². The number of rotatable bonds is 7. The number of aryl methyl sites for hydroxylation is 1. The average Bonchev–Trinajstić information content (AvgIpc) is 2.55. The summed E-state index contributed by atoms with van der Waals surface area (Å²) >= 11 is 0. The highest BCUT2D eigenvalue weighted by Gasteiger charge is 2.15. The molecule has 0 fully saturated rings. The molecule has 2 aromatic rings. The van der Waals surface area contributed by atoms with Gasteiger partial charge in [0.25, 0.3) is 5.91 Å². The van der Waals surface area contributed by atoms with Gasteiger partial charge in [-0.25, -0.2) is 8.42 Å². The Labute approximate surface area is 136 Å². The highest BCUT2D eigenvalue weighted by Crippen LogP contribution is 2.17. The zero-order valence-electron chi connectivity index (χ0n) is 13.0. The van der Waals surface area contributed by atoms with Gasteiger partial charge < -0.3 is 5.32 Å². The van der Waals surface area contributed by atoms with Crippen LogP contribution in [0, 0.1) is 0 Å². The molecule has 0 heterocycles. The van der Waals surface area contributed by atoms with Crippen molar-refractivity contribution in [2.45, 2.75) is 12.8 Å². The maximum Gasteiger partial charge on any atom is 0.253 e. The Kier molecular flexibility index (Phi) is 5.76. The molecule has 0 aromatic heterocycles. The number of hydrogen-bond acceptors (Lipinski definition) is 3. The van der Waals surface area contributed by atoms with Crippen molar-refractivity contribution < 1.29 is 13.2 Å². The van der Waals surface area contributed by atoms with Gasteiger partial charge in [0.15, 0.2) is 0 Å². The molecule has 0 saturated carbocycles. The summed E-state index contributed by atoms with van der Waals surface area (Å²) in [5, 5.41) is 2.50. The van der Waals surface area contributed by atoms with Gasteiger partial charge in [-0.2, -0.15) is 0 Å². The van der Waals surface area contributed by atoms with E-state index in [2.05, 4.69) is 10.0 Å². The summed E-state index contributed by atoms with van der Waals surface area (Å²) in [4.78, 5) is 11.8. The SMILES string of the molecule is CNC(=O)c1ccccc1NS(=O)(=O)CCCc1ccccc1. The smallest absolute Gasteiger partial charge is 0.253 e. The third kappa shape index (κ3) is 5.10. The number of carbonyl (C=O) groups excluding carboxylic acids is 1. The monoisotopic (exact) mass is 332 g/mol. The molecule has 122 valence electrons. The number of carbonyl (C=O) groups is 1. The van der Waals surface area contributed by atoms with Crippen molar-refractivity contribution in [3.63, 3.8) is 0 Å². The summed E-state index contributed by atoms with van der Waals surface area (Å²) in [5.41, 5.74) is 1.71. The van der Waals surface area contributed by atoms with Crippen LogP contribution in [0.1, 0.15) is 22.3 Å². The van der Waals surface area contributed by atoms with Crippen LogP contribution in [0.3, 0.4) is 0 Å². The van der Waals surface area contributed by atoms with Gasteiger partial charge in [-0.15, -0.1) is 0 Å². The van der Waals surface area contributed by atoms with Gasteiger partial charge in [0.1, 0.15) is 0 Å². The first kappa shape index (κ1) is 17.0. The second kappa shape index (κ2) is 7.78. The van der Waals surface area contributed by atoms with Gasteiger partial charge in [-0.1, -0.05) is 42.5 Å². The molecule has 0 spiro atoms. The molecule has 2 N–H and O–H groups in total. The van der Waals surface area contributed by atoms with Gasteiger partial charge in [-0.05, 0) is 30.5 Å². The van der Waals surface area contributed by atoms with E-state index in [-0.39, 0.29) is 11.7 Å². The third-order valence-corrected chi connectivity index (χ3v) is 4.74. The molecule has 23 heavy (non-hydrogen) atoms. The molecule has 0 radical (unpaired) electrons. The number of amides is 1. The Balaban J connectivity index is 2.00. The van der Waals surface area contributed by atoms with Crippen molar-refractivity contribution in [3.05, 3.63) is 65.7 Å². The Morgan fingerprint density at radius 3 is 2.35 bits per heavy atom. The normalized spacial score (nSPS) is 11.0. The highest BCUT2D eigenvalue weighted by atomic mass is 32.2. The summed E-state index contributed by atoms with van der Waals surface area (Å²) in [5.74, 6) is -0.322. The van der Waals surface area contributed by atoms with E-state index in [9.17, 15) is 13.2 Å². The van der Waals surface area contributed by atoms with E-state index >= 15 is 0 Å². The number of anilines is 1. The molecule has 5 nitrogen and oxygen atoms in total. The molecule has 1 amide bonds. The first-order chi connectivity index (χ1) is 11.0. The van der Waals surface area contributed by atoms with Crippen LogP contribution in [0.4, 0.5) is 5.69 Å². The molecule has 2 aromatic carbocycles. The van der Waals surface area contributed by atoms with E-state index in [1.807, 2.05) is 30.3 Å². The minimum atomic E-state index is -3.50. The van der Waals surface area contributed by atoms with Gasteiger partial charge in [0.05, 0.1) is 17.0 Å². The van der Waals surface area contributed by atoms with Crippen LogP contribution in [0.2, 0.25) is 0 Å². The lowest BCUT2D eigenvalue weighted by molar-refractivity contribution is 0.0964. The fourth-order valence-corrected chi connectivity index (χ4v) is 3.37. The zero-order valence-corrected chi connectivity index (χ0v) is 13.8. The van der Waals surface area contributed by atoms with Crippen LogP contribution in [-0.2, 0) is 16.4 Å². The molecule has 0 aliphatic carbocycles. The third-order valence-electron chi connectivity index (χ3n) is 3.39. The maximum atomic E-state index is 12.2. The average molecular weight is 332 g/mol. The first-order valence-electron chi connectivity index (χ1n) is 7.37. The second-order valence-corrected chi connectivity index (χ2v) is 6.98. The van der Waals surface area contributed by atoms with Crippen molar-refractivity contribution in [3.8, 4) is 0 Å². The summed E-state index contributed by atoms with van der Waals surface area (Å²) in [6, 6.07) is 16.3. The minimum Gasteiger partial charge on any atom is -0.355 e. The molecule has 0 unspecified atom stereocenters. The van der Waals surface area contributed by atoms with Crippen LogP contribution in [0.5, 0.6) is 0 Å². The fraction of sp³-hybridized carbons (Fsp3) is 0.235. The predicted octanol–water partition coefficient (Wildman–Crippen LogP) is 2.42. The quantitative estimate of drug-likeness (QED) is 0.817. The lowest BCUT2D eigenvalue weighted by Gasteiger charge is -2.11. The first-order valence-corrected chi connectivity index (χ1v) is 9.02. The number of sulfonamides is 1. The van der Waals surface area contributed by atoms with Gasteiger partial charge in [0, 0.05) is 7.05 Å². The highest BCUT2D eigenvalue weighted by molar-refractivity contribution is 7.92. The maximum absolute atomic E-state index is 12.2. The van der Waals surface area contributed by atoms with Crippen molar-refractivity contribution >= 4 is 21.6 Å². The molecule has 0 saturated heterocycles. The van der Waals surface area contributed by atoms with E-state index in [1.54, 1.807) is 24.3 Å². The van der Waals surface area contributed by atoms with E-state index in [4.69, 9.17) is 0 Å². The lowest BCUT2D eigenvalue weighted by Crippen LogP contribution is -2.23. The van der Waals surface area contributed by atoms with E-state index < -0.39 is 10.0 Å². The second-order valence-electron chi connectivity index (χ2n) is 5.13. The minimum absolute atomic E-state index is 0.00394. The zero-order chi connectivity index (χ0) is 16.7. The van der Waals surface area contributed by atoms with Crippen LogP contribution in [0.25, 0.3) is 0 Å². The molecule has 0 aliphatic heterocycles. The Morgan fingerprint density at radius 1 is 1.00 bits per heavy atom. The molecular formula is C17H20N2O3S. The standard InChI is InChI=1S/C17H20N2O3S/c1-18-17(20)15-11-5-6-12-16(15)19-23(21,22)13-7-10-14-8-3-2-4-9-14/h2-6,8-9,11-12,19H,7,10,13H2,1H3,(H,18,20). The summed E-state index contributed by atoms with van der Waals surface area (Å²) in [7, 11) is -1.99. The molecule has 0 bridgehead atoms. The van der Waals surface area contributed by atoms with Crippen LogP contribution in [-0.4, -0.2) is 27.1 Å². The summed E-state index contributed by atoms with van der Waals surface area (Å²) in [6.07, 6.45) is 1.21. The van der Waals surface area contributed by atoms with Gasteiger partial charge in [0.2, 0.25) is 10.0 Å². The Morgan fingerprint density at radius 2 is 1.65 bits per heavy atom. The Hall–Kier alpha value is -2.34. The fourth-order valence-electron chi connectivity index (χ4n) is 2.23. The van der Waals surface area contributed by atoms with Crippen molar-refractivity contribution in [1.82, 2.24) is 5.32 Å². The largest absolute Gasteiger partial charge is 0.355 e. The predicted molar refractivity (Wildman–Crippen MR) is 92.0 cm³/mol. The molecule has 2 rings (SSSR count). The van der Waals surface area contributed by atoms with Crippen LogP contribution < -0.4 is 10.0 Å². The number of benzene rings is 2. The summed E-state index contributed by atoms with van der Waals surface area (Å²) < 4.78 is 26.9. The molecule has 0 atom stereocenters. The van der Waals surface area contributed by atoms with Crippen molar-refractivity contribution in [2.75, 3.05) is 17.5 Å². The number of hydrogen-bond donors (Lipinski definition) is 2. The van der Waals surface area contributed by atoms with Gasteiger partial charge >= 0.3 is 0 Å².